The average molecular weight is 292 g/mol. The molecule has 1 fully saturated rings. The minimum atomic E-state index is -0.757. The Bertz CT molecular complexity index is 507. The third-order valence-electron chi connectivity index (χ3n) is 4.13. The molecular formula is C16H24N2O3. The quantitative estimate of drug-likeness (QED) is 0.907. The van der Waals surface area contributed by atoms with Crippen LogP contribution in [-0.4, -0.2) is 39.5 Å². The molecule has 116 valence electrons. The van der Waals surface area contributed by atoms with Gasteiger partial charge in [0, 0.05) is 31.7 Å². The summed E-state index contributed by atoms with van der Waals surface area (Å²) in [6, 6.07) is 4.02. The fourth-order valence-electron chi connectivity index (χ4n) is 3.00. The number of aliphatic carboxylic acids is 1. The van der Waals surface area contributed by atoms with Crippen molar-refractivity contribution in [2.24, 2.45) is 5.92 Å². The normalized spacial score (nSPS) is 19.0. The Morgan fingerprint density at radius 2 is 2.19 bits per heavy atom. The van der Waals surface area contributed by atoms with Crippen LogP contribution in [0.3, 0.4) is 0 Å². The van der Waals surface area contributed by atoms with Crippen molar-refractivity contribution < 1.29 is 14.7 Å². The van der Waals surface area contributed by atoms with Crippen LogP contribution in [0.2, 0.25) is 0 Å². The molecular weight excluding hydrogens is 268 g/mol. The molecule has 0 spiro atoms. The predicted octanol–water partition coefficient (Wildman–Crippen LogP) is 2.79. The van der Waals surface area contributed by atoms with Gasteiger partial charge in [-0.25, -0.2) is 0 Å². The highest BCUT2D eigenvalue weighted by molar-refractivity contribution is 5.92. The summed E-state index contributed by atoms with van der Waals surface area (Å²) in [5, 5.41) is 8.78. The van der Waals surface area contributed by atoms with E-state index in [4.69, 9.17) is 5.11 Å². The Kier molecular flexibility index (Phi) is 5.04. The number of nitrogens with zero attached hydrogens (tertiary/aromatic N) is 2. The van der Waals surface area contributed by atoms with Gasteiger partial charge in [-0.3, -0.25) is 9.59 Å². The van der Waals surface area contributed by atoms with Gasteiger partial charge in [0.25, 0.3) is 5.91 Å². The Hall–Kier alpha value is -1.78. The molecule has 1 saturated heterocycles. The Balaban J connectivity index is 2.01. The number of carbonyl (C=O) groups is 2. The van der Waals surface area contributed by atoms with E-state index >= 15 is 0 Å². The van der Waals surface area contributed by atoms with E-state index in [2.05, 4.69) is 13.8 Å². The van der Waals surface area contributed by atoms with Crippen molar-refractivity contribution in [3.63, 3.8) is 0 Å². The van der Waals surface area contributed by atoms with Gasteiger partial charge < -0.3 is 14.6 Å². The van der Waals surface area contributed by atoms with Gasteiger partial charge in [-0.1, -0.05) is 0 Å². The van der Waals surface area contributed by atoms with Gasteiger partial charge in [-0.15, -0.1) is 0 Å². The molecule has 2 rings (SSSR count). The van der Waals surface area contributed by atoms with Crippen LogP contribution in [0.25, 0.3) is 0 Å². The molecule has 1 atom stereocenters. The maximum absolute atomic E-state index is 12.7. The summed E-state index contributed by atoms with van der Waals surface area (Å²) >= 11 is 0. The smallest absolute Gasteiger partial charge is 0.303 e. The first-order valence-corrected chi connectivity index (χ1v) is 7.67. The molecule has 0 aromatic carbocycles. The van der Waals surface area contributed by atoms with E-state index in [1.807, 2.05) is 27.8 Å². The standard InChI is InChI=1S/C16H24N2O3/c1-12(2)18-10-4-6-14(18)16(21)17-9-3-5-13(11-17)7-8-15(19)20/h4,6,10,12-13H,3,5,7-9,11H2,1-2H3,(H,19,20). The van der Waals surface area contributed by atoms with E-state index in [1.165, 1.54) is 0 Å². The highest BCUT2D eigenvalue weighted by atomic mass is 16.4. The van der Waals surface area contributed by atoms with E-state index in [1.54, 1.807) is 0 Å². The van der Waals surface area contributed by atoms with Crippen LogP contribution in [0, 0.1) is 5.92 Å². The van der Waals surface area contributed by atoms with Gasteiger partial charge in [0.1, 0.15) is 5.69 Å². The molecule has 1 aliphatic rings. The first-order valence-electron chi connectivity index (χ1n) is 7.67. The molecule has 0 aliphatic carbocycles. The third-order valence-corrected chi connectivity index (χ3v) is 4.13. The molecule has 5 nitrogen and oxygen atoms in total. The van der Waals surface area contributed by atoms with Gasteiger partial charge in [-0.2, -0.15) is 0 Å². The molecule has 0 radical (unpaired) electrons. The lowest BCUT2D eigenvalue weighted by Gasteiger charge is -2.33. The van der Waals surface area contributed by atoms with E-state index in [0.29, 0.717) is 18.9 Å². The molecule has 21 heavy (non-hydrogen) atoms. The van der Waals surface area contributed by atoms with Crippen LogP contribution >= 0.6 is 0 Å². The predicted molar refractivity (Wildman–Crippen MR) is 80.3 cm³/mol. The molecule has 1 unspecified atom stereocenters. The number of aromatic nitrogens is 1. The Labute approximate surface area is 125 Å². The van der Waals surface area contributed by atoms with Crippen molar-refractivity contribution in [2.75, 3.05) is 13.1 Å². The lowest BCUT2D eigenvalue weighted by Crippen LogP contribution is -2.40. The number of rotatable bonds is 5. The number of piperidine rings is 1. The van der Waals surface area contributed by atoms with E-state index < -0.39 is 5.97 Å². The molecule has 1 aliphatic heterocycles. The van der Waals surface area contributed by atoms with Gasteiger partial charge in [0.2, 0.25) is 0 Å². The van der Waals surface area contributed by atoms with Crippen molar-refractivity contribution in [3.8, 4) is 0 Å². The van der Waals surface area contributed by atoms with Gasteiger partial charge in [0.05, 0.1) is 0 Å². The van der Waals surface area contributed by atoms with Gasteiger partial charge in [-0.05, 0) is 51.2 Å². The minimum Gasteiger partial charge on any atom is -0.481 e. The second kappa shape index (κ2) is 6.78. The lowest BCUT2D eigenvalue weighted by atomic mass is 9.93. The van der Waals surface area contributed by atoms with Crippen LogP contribution in [0.5, 0.6) is 0 Å². The van der Waals surface area contributed by atoms with E-state index in [0.717, 1.165) is 25.1 Å². The summed E-state index contributed by atoms with van der Waals surface area (Å²) in [4.78, 5) is 25.2. The maximum atomic E-state index is 12.7. The largest absolute Gasteiger partial charge is 0.481 e. The van der Waals surface area contributed by atoms with Crippen LogP contribution in [0.4, 0.5) is 0 Å². The number of carbonyl (C=O) groups excluding carboxylic acids is 1. The highest BCUT2D eigenvalue weighted by Crippen LogP contribution is 2.23. The first-order chi connectivity index (χ1) is 9.99. The second-order valence-electron chi connectivity index (χ2n) is 6.09. The van der Waals surface area contributed by atoms with Crippen molar-refractivity contribution >= 4 is 11.9 Å². The maximum Gasteiger partial charge on any atom is 0.303 e. The SMILES string of the molecule is CC(C)n1cccc1C(=O)N1CCCC(CCC(=O)O)C1. The average Bonchev–Trinajstić information content (AvgIpc) is 2.94. The topological polar surface area (TPSA) is 62.5 Å². The third kappa shape index (κ3) is 3.86. The summed E-state index contributed by atoms with van der Waals surface area (Å²) in [6.07, 6.45) is 4.75. The second-order valence-corrected chi connectivity index (χ2v) is 6.09. The molecule has 2 heterocycles. The monoisotopic (exact) mass is 292 g/mol. The number of hydrogen-bond acceptors (Lipinski definition) is 2. The minimum absolute atomic E-state index is 0.0636. The summed E-state index contributed by atoms with van der Waals surface area (Å²) in [5.41, 5.74) is 0.726. The fourth-order valence-corrected chi connectivity index (χ4v) is 3.00. The van der Waals surface area contributed by atoms with E-state index in [-0.39, 0.29) is 18.4 Å². The summed E-state index contributed by atoms with van der Waals surface area (Å²) < 4.78 is 1.99. The molecule has 5 heteroatoms. The molecule has 0 bridgehead atoms. The highest BCUT2D eigenvalue weighted by Gasteiger charge is 2.26. The number of hydrogen-bond donors (Lipinski definition) is 1. The molecule has 1 N–H and O–H groups in total. The van der Waals surface area contributed by atoms with Crippen LogP contribution in [0.15, 0.2) is 18.3 Å². The Morgan fingerprint density at radius 1 is 1.43 bits per heavy atom. The van der Waals surface area contributed by atoms with Crippen LogP contribution < -0.4 is 0 Å². The fraction of sp³-hybridized carbons (Fsp3) is 0.625. The summed E-state index contributed by atoms with van der Waals surface area (Å²) in [5.74, 6) is -0.387. The van der Waals surface area contributed by atoms with Crippen molar-refractivity contribution in [1.82, 2.24) is 9.47 Å². The first kappa shape index (κ1) is 15.6. The van der Waals surface area contributed by atoms with Gasteiger partial charge in [0.15, 0.2) is 0 Å². The summed E-state index contributed by atoms with van der Waals surface area (Å²) in [6.45, 7) is 5.56. The van der Waals surface area contributed by atoms with Gasteiger partial charge >= 0.3 is 5.97 Å². The molecule has 1 amide bonds. The molecule has 1 aromatic heterocycles. The van der Waals surface area contributed by atoms with Crippen LogP contribution in [-0.2, 0) is 4.79 Å². The Morgan fingerprint density at radius 3 is 2.86 bits per heavy atom. The lowest BCUT2D eigenvalue weighted by molar-refractivity contribution is -0.137. The number of amides is 1. The number of carboxylic acids is 1. The zero-order valence-corrected chi connectivity index (χ0v) is 12.8. The van der Waals surface area contributed by atoms with Crippen molar-refractivity contribution in [2.45, 2.75) is 45.6 Å². The zero-order chi connectivity index (χ0) is 15.4. The zero-order valence-electron chi connectivity index (χ0n) is 12.8. The van der Waals surface area contributed by atoms with E-state index in [9.17, 15) is 9.59 Å². The number of carboxylic acid groups (broad SMARTS) is 1. The van der Waals surface area contributed by atoms with Crippen molar-refractivity contribution in [1.29, 1.82) is 0 Å². The number of likely N-dealkylation sites (tertiary alicyclic amines) is 1. The molecule has 0 saturated carbocycles. The van der Waals surface area contributed by atoms with Crippen LogP contribution in [0.1, 0.15) is 56.1 Å². The van der Waals surface area contributed by atoms with Crippen molar-refractivity contribution in [3.05, 3.63) is 24.0 Å². The summed E-state index contributed by atoms with van der Waals surface area (Å²) in [7, 11) is 0. The molecule has 1 aromatic rings.